The largest absolute Gasteiger partial charge is 0.396 e. The van der Waals surface area contributed by atoms with E-state index in [1.165, 1.54) is 5.69 Å². The van der Waals surface area contributed by atoms with Crippen molar-refractivity contribution in [2.75, 3.05) is 37.7 Å². The molecule has 27 heavy (non-hydrogen) atoms. The van der Waals surface area contributed by atoms with E-state index in [2.05, 4.69) is 59.7 Å². The van der Waals surface area contributed by atoms with E-state index in [-0.39, 0.29) is 30.6 Å². The Balaban J connectivity index is 0.00000364. The van der Waals surface area contributed by atoms with E-state index in [1.807, 2.05) is 0 Å². The van der Waals surface area contributed by atoms with Crippen LogP contribution in [0.2, 0.25) is 0 Å². The zero-order valence-electron chi connectivity index (χ0n) is 16.9. The minimum absolute atomic E-state index is 0. The third-order valence-electron chi connectivity index (χ3n) is 5.04. The van der Waals surface area contributed by atoms with Crippen LogP contribution < -0.4 is 15.5 Å². The van der Waals surface area contributed by atoms with E-state index >= 15 is 0 Å². The Bertz CT molecular complexity index is 512. The summed E-state index contributed by atoms with van der Waals surface area (Å²) in [7, 11) is 0. The van der Waals surface area contributed by atoms with Gasteiger partial charge < -0.3 is 20.6 Å². The molecule has 5 nitrogen and oxygen atoms in total. The Morgan fingerprint density at radius 3 is 2.48 bits per heavy atom. The molecule has 1 aromatic carbocycles. The highest BCUT2D eigenvalue weighted by molar-refractivity contribution is 14.0. The Morgan fingerprint density at radius 2 is 1.89 bits per heavy atom. The molecule has 1 aliphatic rings. The van der Waals surface area contributed by atoms with Crippen molar-refractivity contribution in [1.82, 2.24) is 10.6 Å². The van der Waals surface area contributed by atoms with Crippen molar-refractivity contribution in [2.45, 2.75) is 52.0 Å². The van der Waals surface area contributed by atoms with Crippen molar-refractivity contribution >= 4 is 35.6 Å². The third kappa shape index (κ3) is 8.68. The van der Waals surface area contributed by atoms with Gasteiger partial charge >= 0.3 is 0 Å². The highest BCUT2D eigenvalue weighted by Crippen LogP contribution is 2.19. The number of aliphatic imine (C=N–C) groups is 1. The van der Waals surface area contributed by atoms with Crippen LogP contribution in [0.25, 0.3) is 0 Å². The van der Waals surface area contributed by atoms with E-state index in [0.29, 0.717) is 12.0 Å². The Kier molecular flexibility index (Phi) is 12.5. The van der Waals surface area contributed by atoms with Gasteiger partial charge in [-0.3, -0.25) is 4.99 Å². The van der Waals surface area contributed by atoms with Gasteiger partial charge in [-0.1, -0.05) is 31.5 Å². The van der Waals surface area contributed by atoms with E-state index in [4.69, 9.17) is 4.99 Å². The Hall–Kier alpha value is -1.02. The molecule has 0 spiro atoms. The number of aliphatic hydroxyl groups is 1. The number of guanidine groups is 1. The molecule has 0 aliphatic carbocycles. The van der Waals surface area contributed by atoms with Crippen LogP contribution in [0.4, 0.5) is 5.69 Å². The molecule has 0 saturated carbocycles. The number of hydrogen-bond donors (Lipinski definition) is 3. The van der Waals surface area contributed by atoms with E-state index in [0.717, 1.165) is 64.2 Å². The molecule has 1 aromatic rings. The van der Waals surface area contributed by atoms with Crippen LogP contribution in [0.15, 0.2) is 35.3 Å². The summed E-state index contributed by atoms with van der Waals surface area (Å²) in [6, 6.07) is 11.1. The Morgan fingerprint density at radius 1 is 1.19 bits per heavy atom. The second-order valence-electron chi connectivity index (χ2n) is 7.13. The zero-order chi connectivity index (χ0) is 18.6. The summed E-state index contributed by atoms with van der Waals surface area (Å²) in [6.07, 6.45) is 5.34. The number of para-hydroxylation sites is 1. The number of piperidine rings is 1. The summed E-state index contributed by atoms with van der Waals surface area (Å²) < 4.78 is 0. The Labute approximate surface area is 182 Å². The number of nitrogens with zero attached hydrogens (tertiary/aromatic N) is 2. The van der Waals surface area contributed by atoms with Gasteiger partial charge in [-0.2, -0.15) is 0 Å². The maximum Gasteiger partial charge on any atom is 0.191 e. The molecule has 1 aliphatic heterocycles. The quantitative estimate of drug-likeness (QED) is 0.282. The molecule has 154 valence electrons. The van der Waals surface area contributed by atoms with Gasteiger partial charge in [-0.25, -0.2) is 0 Å². The van der Waals surface area contributed by atoms with Crippen molar-refractivity contribution in [3.8, 4) is 0 Å². The van der Waals surface area contributed by atoms with Gasteiger partial charge in [0, 0.05) is 44.5 Å². The van der Waals surface area contributed by atoms with Crippen molar-refractivity contribution in [2.24, 2.45) is 10.9 Å². The molecular formula is C21H37IN4O. The van der Waals surface area contributed by atoms with Crippen LogP contribution in [-0.4, -0.2) is 49.9 Å². The molecule has 0 bridgehead atoms. The third-order valence-corrected chi connectivity index (χ3v) is 5.04. The van der Waals surface area contributed by atoms with Gasteiger partial charge in [-0.15, -0.1) is 24.0 Å². The molecular weight excluding hydrogens is 451 g/mol. The fraction of sp³-hybridized carbons (Fsp3) is 0.667. The fourth-order valence-electron chi connectivity index (χ4n) is 3.57. The molecule has 0 amide bonds. The molecule has 1 atom stereocenters. The molecule has 1 saturated heterocycles. The maximum atomic E-state index is 9.23. The minimum Gasteiger partial charge on any atom is -0.396 e. The first-order valence-electron chi connectivity index (χ1n) is 10.2. The van der Waals surface area contributed by atoms with Crippen molar-refractivity contribution < 1.29 is 5.11 Å². The number of rotatable bonds is 9. The van der Waals surface area contributed by atoms with E-state index in [1.54, 1.807) is 0 Å². The summed E-state index contributed by atoms with van der Waals surface area (Å²) in [6.45, 7) is 8.35. The van der Waals surface area contributed by atoms with Crippen LogP contribution in [0.5, 0.6) is 0 Å². The van der Waals surface area contributed by atoms with Gasteiger partial charge in [-0.05, 0) is 50.7 Å². The summed E-state index contributed by atoms with van der Waals surface area (Å²) in [5.74, 6) is 1.39. The smallest absolute Gasteiger partial charge is 0.191 e. The van der Waals surface area contributed by atoms with Crippen molar-refractivity contribution in [3.05, 3.63) is 30.3 Å². The molecule has 1 heterocycles. The lowest BCUT2D eigenvalue weighted by atomic mass is 10.0. The minimum atomic E-state index is 0. The normalized spacial score (nSPS) is 16.6. The van der Waals surface area contributed by atoms with Crippen molar-refractivity contribution in [1.29, 1.82) is 0 Å². The van der Waals surface area contributed by atoms with Gasteiger partial charge in [0.2, 0.25) is 0 Å². The highest BCUT2D eigenvalue weighted by Gasteiger charge is 2.20. The average Bonchev–Trinajstić information content (AvgIpc) is 2.68. The predicted molar refractivity (Wildman–Crippen MR) is 126 cm³/mol. The number of nitrogens with one attached hydrogen (secondary N) is 2. The molecule has 0 radical (unpaired) electrons. The first-order valence-corrected chi connectivity index (χ1v) is 10.2. The van der Waals surface area contributed by atoms with Crippen LogP contribution in [-0.2, 0) is 0 Å². The topological polar surface area (TPSA) is 59.9 Å². The molecule has 1 unspecified atom stereocenters. The summed E-state index contributed by atoms with van der Waals surface area (Å²) >= 11 is 0. The van der Waals surface area contributed by atoms with E-state index < -0.39 is 0 Å². The van der Waals surface area contributed by atoms with Gasteiger partial charge in [0.05, 0.1) is 0 Å². The lowest BCUT2D eigenvalue weighted by Gasteiger charge is -2.34. The van der Waals surface area contributed by atoms with Gasteiger partial charge in [0.25, 0.3) is 0 Å². The summed E-state index contributed by atoms with van der Waals surface area (Å²) in [4.78, 5) is 7.25. The van der Waals surface area contributed by atoms with Crippen LogP contribution in [0, 0.1) is 5.92 Å². The summed E-state index contributed by atoms with van der Waals surface area (Å²) in [5.41, 5.74) is 1.32. The predicted octanol–water partition coefficient (Wildman–Crippen LogP) is 3.63. The highest BCUT2D eigenvalue weighted by atomic mass is 127. The van der Waals surface area contributed by atoms with Crippen LogP contribution in [0.1, 0.15) is 46.0 Å². The number of anilines is 1. The average molecular weight is 488 g/mol. The number of hydrogen-bond acceptors (Lipinski definition) is 3. The monoisotopic (exact) mass is 488 g/mol. The lowest BCUT2D eigenvalue weighted by Crippen LogP contribution is -2.49. The van der Waals surface area contributed by atoms with Crippen molar-refractivity contribution in [3.63, 3.8) is 0 Å². The fourth-order valence-corrected chi connectivity index (χ4v) is 3.57. The molecule has 0 aromatic heterocycles. The maximum absolute atomic E-state index is 9.23. The first-order chi connectivity index (χ1) is 12.8. The molecule has 3 N–H and O–H groups in total. The lowest BCUT2D eigenvalue weighted by molar-refractivity contribution is 0.253. The second kappa shape index (κ2) is 14.0. The van der Waals surface area contributed by atoms with E-state index in [9.17, 15) is 5.11 Å². The zero-order valence-corrected chi connectivity index (χ0v) is 19.2. The standard InChI is InChI=1S/C21H36N4O.HI/c1-3-8-18(13-16-26)17-23-21(22-4-2)24-19-11-14-25(15-12-19)20-9-6-5-7-10-20;/h5-7,9-10,18-19,26H,3-4,8,11-17H2,1-2H3,(H2,22,23,24);1H. The molecule has 6 heteroatoms. The van der Waals surface area contributed by atoms with Gasteiger partial charge in [0.1, 0.15) is 0 Å². The second-order valence-corrected chi connectivity index (χ2v) is 7.13. The number of halogens is 1. The first kappa shape index (κ1) is 24.0. The van der Waals surface area contributed by atoms with Crippen LogP contribution in [0.3, 0.4) is 0 Å². The number of benzene rings is 1. The number of aliphatic hydroxyl groups excluding tert-OH is 1. The van der Waals surface area contributed by atoms with Crippen LogP contribution >= 0.6 is 24.0 Å². The molecule has 1 fully saturated rings. The van der Waals surface area contributed by atoms with Gasteiger partial charge in [0.15, 0.2) is 5.96 Å². The molecule has 2 rings (SSSR count). The SMILES string of the molecule is CCCC(CCO)CN=C(NCC)NC1CCN(c2ccccc2)CC1.I. The summed E-state index contributed by atoms with van der Waals surface area (Å²) in [5, 5.41) is 16.2.